The van der Waals surface area contributed by atoms with Crippen molar-refractivity contribution in [1.82, 2.24) is 0 Å². The van der Waals surface area contributed by atoms with Gasteiger partial charge >= 0.3 is 12.4 Å². The van der Waals surface area contributed by atoms with Crippen molar-refractivity contribution < 1.29 is 40.6 Å². The predicted molar refractivity (Wildman–Crippen MR) is 62.8 cm³/mol. The molecular weight excluding hydrogens is 320 g/mol. The monoisotopic (exact) mass is 331 g/mol. The number of amides is 1. The zero-order valence-electron chi connectivity index (χ0n) is 11.4. The Morgan fingerprint density at radius 1 is 1.23 bits per heavy atom. The highest BCUT2D eigenvalue weighted by Gasteiger charge is 2.41. The number of carbonyl (C=O) groups is 1. The molecule has 0 spiro atoms. The molecule has 1 rings (SSSR count). The number of primary amides is 1. The summed E-state index contributed by atoms with van der Waals surface area (Å²) in [7, 11) is 0.873. The summed E-state index contributed by atoms with van der Waals surface area (Å²) >= 11 is 0. The van der Waals surface area contributed by atoms with E-state index in [9.17, 15) is 31.1 Å². The van der Waals surface area contributed by atoms with Crippen LogP contribution in [0.5, 0.6) is 11.5 Å². The molecule has 0 aliphatic rings. The van der Waals surface area contributed by atoms with Crippen LogP contribution in [0.15, 0.2) is 6.07 Å². The Bertz CT molecular complexity index is 580. The minimum Gasteiger partial charge on any atom is -0.496 e. The molecule has 2 N–H and O–H groups in total. The topological polar surface area (TPSA) is 61.5 Å². The van der Waals surface area contributed by atoms with Gasteiger partial charge in [0.1, 0.15) is 17.1 Å². The average Bonchev–Trinajstić information content (AvgIpc) is 2.33. The Morgan fingerprint density at radius 3 is 2.14 bits per heavy atom. The summed E-state index contributed by atoms with van der Waals surface area (Å²) in [6, 6.07) is 0.709. The molecule has 124 valence electrons. The highest BCUT2D eigenvalue weighted by atomic mass is 19.4. The van der Waals surface area contributed by atoms with Gasteiger partial charge in [0.25, 0.3) is 0 Å². The number of methoxy groups -OCH3 is 1. The van der Waals surface area contributed by atoms with E-state index in [0.29, 0.717) is 6.07 Å². The fourth-order valence-corrected chi connectivity index (χ4v) is 1.75. The molecule has 0 atom stereocenters. The van der Waals surface area contributed by atoms with Gasteiger partial charge in [-0.3, -0.25) is 4.79 Å². The normalized spacial score (nSPS) is 12.2. The Kier molecular flexibility index (Phi) is 4.83. The van der Waals surface area contributed by atoms with E-state index in [-0.39, 0.29) is 0 Å². The molecular formula is C12H11F6NO3. The molecule has 0 unspecified atom stereocenters. The van der Waals surface area contributed by atoms with Crippen LogP contribution in [0.25, 0.3) is 0 Å². The molecule has 0 fully saturated rings. The fourth-order valence-electron chi connectivity index (χ4n) is 1.75. The van der Waals surface area contributed by atoms with Gasteiger partial charge in [0.05, 0.1) is 7.11 Å². The van der Waals surface area contributed by atoms with E-state index in [4.69, 9.17) is 5.73 Å². The SMILES string of the molecule is COc1cc(C(N)=O)c(C)c(OCC(F)(F)F)c1C(F)(F)F. The number of rotatable bonds is 4. The summed E-state index contributed by atoms with van der Waals surface area (Å²) in [4.78, 5) is 11.2. The van der Waals surface area contributed by atoms with Gasteiger partial charge in [0, 0.05) is 11.1 Å². The number of alkyl halides is 6. The lowest BCUT2D eigenvalue weighted by atomic mass is 10.0. The molecule has 0 radical (unpaired) electrons. The van der Waals surface area contributed by atoms with E-state index in [1.165, 1.54) is 0 Å². The van der Waals surface area contributed by atoms with Crippen LogP contribution in [0.2, 0.25) is 0 Å². The van der Waals surface area contributed by atoms with Crippen molar-refractivity contribution in [3.8, 4) is 11.5 Å². The lowest BCUT2D eigenvalue weighted by molar-refractivity contribution is -0.159. The van der Waals surface area contributed by atoms with Crippen LogP contribution in [-0.4, -0.2) is 25.8 Å². The van der Waals surface area contributed by atoms with E-state index in [1.807, 2.05) is 0 Å². The first-order chi connectivity index (χ1) is 9.88. The zero-order chi connectivity index (χ0) is 17.3. The van der Waals surface area contributed by atoms with E-state index in [2.05, 4.69) is 9.47 Å². The third-order valence-corrected chi connectivity index (χ3v) is 2.64. The van der Waals surface area contributed by atoms with Crippen LogP contribution in [0.4, 0.5) is 26.3 Å². The molecule has 22 heavy (non-hydrogen) atoms. The molecule has 1 amide bonds. The molecule has 0 aliphatic heterocycles. The third kappa shape index (κ3) is 3.95. The van der Waals surface area contributed by atoms with Crippen LogP contribution in [0, 0.1) is 6.92 Å². The summed E-state index contributed by atoms with van der Waals surface area (Å²) in [5.41, 5.74) is 2.57. The van der Waals surface area contributed by atoms with Crippen LogP contribution < -0.4 is 15.2 Å². The molecule has 1 aromatic carbocycles. The van der Waals surface area contributed by atoms with Crippen molar-refractivity contribution >= 4 is 5.91 Å². The lowest BCUT2D eigenvalue weighted by Crippen LogP contribution is -2.23. The third-order valence-electron chi connectivity index (χ3n) is 2.64. The number of hydrogen-bond donors (Lipinski definition) is 1. The molecule has 0 aromatic heterocycles. The quantitative estimate of drug-likeness (QED) is 0.863. The summed E-state index contributed by atoms with van der Waals surface area (Å²) < 4.78 is 84.6. The molecule has 0 saturated heterocycles. The zero-order valence-corrected chi connectivity index (χ0v) is 11.4. The number of nitrogens with two attached hydrogens (primary N) is 1. The van der Waals surface area contributed by atoms with Gasteiger partial charge in [-0.25, -0.2) is 0 Å². The smallest absolute Gasteiger partial charge is 0.423 e. The maximum atomic E-state index is 13.1. The number of benzene rings is 1. The second-order valence-electron chi connectivity index (χ2n) is 4.22. The highest BCUT2D eigenvalue weighted by molar-refractivity contribution is 5.96. The molecule has 0 bridgehead atoms. The van der Waals surface area contributed by atoms with Gasteiger partial charge in [-0.05, 0) is 13.0 Å². The highest BCUT2D eigenvalue weighted by Crippen LogP contribution is 2.45. The number of ether oxygens (including phenoxy) is 2. The average molecular weight is 331 g/mol. The van der Waals surface area contributed by atoms with Gasteiger partial charge in [0.15, 0.2) is 6.61 Å². The predicted octanol–water partition coefficient (Wildman–Crippen LogP) is 3.06. The van der Waals surface area contributed by atoms with Crippen molar-refractivity contribution in [1.29, 1.82) is 0 Å². The summed E-state index contributed by atoms with van der Waals surface area (Å²) in [5.74, 6) is -3.12. The maximum Gasteiger partial charge on any atom is 0.423 e. The fraction of sp³-hybridized carbons (Fsp3) is 0.417. The summed E-state index contributed by atoms with van der Waals surface area (Å²) in [6.07, 6.45) is -9.90. The summed E-state index contributed by atoms with van der Waals surface area (Å²) in [5, 5.41) is 0. The Labute approximate surface area is 120 Å². The first kappa shape index (κ1) is 17.9. The van der Waals surface area contributed by atoms with Crippen molar-refractivity contribution in [3.05, 3.63) is 22.8 Å². The standard InChI is InChI=1S/C12H11F6NO3/c1-5-6(10(19)20)3-7(21-2)8(12(16,17)18)9(5)22-4-11(13,14)15/h3H,4H2,1-2H3,(H2,19,20). The Balaban J connectivity index is 3.59. The van der Waals surface area contributed by atoms with Crippen molar-refractivity contribution in [2.75, 3.05) is 13.7 Å². The number of halogens is 6. The molecule has 0 heterocycles. The first-order valence-electron chi connectivity index (χ1n) is 5.66. The first-order valence-corrected chi connectivity index (χ1v) is 5.66. The number of hydrogen-bond acceptors (Lipinski definition) is 3. The second-order valence-corrected chi connectivity index (χ2v) is 4.22. The van der Waals surface area contributed by atoms with Gasteiger partial charge in [-0.2, -0.15) is 26.3 Å². The number of carbonyl (C=O) groups excluding carboxylic acids is 1. The summed E-state index contributed by atoms with van der Waals surface area (Å²) in [6.45, 7) is -0.956. The van der Waals surface area contributed by atoms with Crippen molar-refractivity contribution in [2.45, 2.75) is 19.3 Å². The van der Waals surface area contributed by atoms with Crippen molar-refractivity contribution in [2.24, 2.45) is 5.73 Å². The molecule has 0 aliphatic carbocycles. The molecule has 1 aromatic rings. The minimum atomic E-state index is -5.05. The van der Waals surface area contributed by atoms with Crippen LogP contribution in [-0.2, 0) is 6.18 Å². The van der Waals surface area contributed by atoms with Gasteiger partial charge in [-0.1, -0.05) is 0 Å². The van der Waals surface area contributed by atoms with Gasteiger partial charge in [0.2, 0.25) is 5.91 Å². The molecule has 4 nitrogen and oxygen atoms in total. The van der Waals surface area contributed by atoms with Gasteiger partial charge < -0.3 is 15.2 Å². The van der Waals surface area contributed by atoms with Crippen LogP contribution in [0.3, 0.4) is 0 Å². The Morgan fingerprint density at radius 2 is 1.77 bits per heavy atom. The molecule has 0 saturated carbocycles. The Hall–Kier alpha value is -2.13. The van der Waals surface area contributed by atoms with E-state index < -0.39 is 53.1 Å². The second kappa shape index (κ2) is 5.93. The van der Waals surface area contributed by atoms with Crippen molar-refractivity contribution in [3.63, 3.8) is 0 Å². The molecule has 10 heteroatoms. The van der Waals surface area contributed by atoms with E-state index in [0.717, 1.165) is 14.0 Å². The van der Waals surface area contributed by atoms with Gasteiger partial charge in [-0.15, -0.1) is 0 Å². The van der Waals surface area contributed by atoms with Crippen LogP contribution >= 0.6 is 0 Å². The van der Waals surface area contributed by atoms with E-state index >= 15 is 0 Å². The minimum absolute atomic E-state index is 0.429. The maximum absolute atomic E-state index is 13.1. The van der Waals surface area contributed by atoms with Crippen LogP contribution in [0.1, 0.15) is 21.5 Å². The lowest BCUT2D eigenvalue weighted by Gasteiger charge is -2.21. The largest absolute Gasteiger partial charge is 0.496 e. The van der Waals surface area contributed by atoms with E-state index in [1.54, 1.807) is 0 Å².